The second kappa shape index (κ2) is 8.81. The number of benzene rings is 2. The molecule has 2 atom stereocenters. The molecule has 3 aliphatic heterocycles. The van der Waals surface area contributed by atoms with Gasteiger partial charge in [0.15, 0.2) is 0 Å². The van der Waals surface area contributed by atoms with Crippen molar-refractivity contribution in [2.45, 2.75) is 45.1 Å². The van der Waals surface area contributed by atoms with Gasteiger partial charge < -0.3 is 14.4 Å². The predicted molar refractivity (Wildman–Crippen MR) is 119 cm³/mol. The van der Waals surface area contributed by atoms with E-state index < -0.39 is 0 Å². The zero-order chi connectivity index (χ0) is 21.1. The maximum atomic E-state index is 13.6. The van der Waals surface area contributed by atoms with Crippen molar-refractivity contribution in [1.29, 1.82) is 0 Å². The zero-order valence-electron chi connectivity index (χ0n) is 18.3. The maximum Gasteiger partial charge on any atom is 0.314 e. The van der Waals surface area contributed by atoms with Crippen molar-refractivity contribution in [2.75, 3.05) is 26.7 Å². The Balaban J connectivity index is 1.57. The highest BCUT2D eigenvalue weighted by Gasteiger charge is 2.45. The molecule has 160 valence electrons. The van der Waals surface area contributed by atoms with Gasteiger partial charge in [0, 0.05) is 12.0 Å². The number of carbonyl (C=O) groups excluding carboxylic acids is 1. The van der Waals surface area contributed by atoms with Crippen molar-refractivity contribution < 1.29 is 14.3 Å². The van der Waals surface area contributed by atoms with Gasteiger partial charge in [-0.3, -0.25) is 4.79 Å². The van der Waals surface area contributed by atoms with E-state index >= 15 is 0 Å². The van der Waals surface area contributed by atoms with Gasteiger partial charge in [-0.2, -0.15) is 0 Å². The number of piperidine rings is 1. The summed E-state index contributed by atoms with van der Waals surface area (Å²) in [7, 11) is 1.66. The summed E-state index contributed by atoms with van der Waals surface area (Å²) in [5.41, 5.74) is 2.08. The van der Waals surface area contributed by atoms with Crippen LogP contribution in [0.15, 0.2) is 54.6 Å². The Hall–Kier alpha value is -2.33. The number of methoxy groups -OCH3 is 1. The molecule has 0 saturated carbocycles. The fraction of sp³-hybridized carbons (Fsp3) is 0.500. The number of hydrogen-bond acceptors (Lipinski definition) is 4. The number of fused-ring (bicyclic) bond motifs is 4. The van der Waals surface area contributed by atoms with Crippen LogP contribution in [-0.2, 0) is 16.0 Å². The summed E-state index contributed by atoms with van der Waals surface area (Å²) in [4.78, 5) is 16.1. The zero-order valence-corrected chi connectivity index (χ0v) is 18.3. The maximum absolute atomic E-state index is 13.6. The molecular formula is C26H33NO3. The van der Waals surface area contributed by atoms with Gasteiger partial charge in [0.05, 0.1) is 13.0 Å². The topological polar surface area (TPSA) is 38.8 Å². The average Bonchev–Trinajstić information content (AvgIpc) is 2.96. The standard InChI is InChI=1S/C26H33NO3/c1-26(2)18-27-15-13-21(14-16-27)24(26)30-25(28)23(20-7-5-4-6-8-20)17-19-9-11-22(29-3)12-10-19/h4-12,21,23-24H,13-18H2,1-3H3. The van der Waals surface area contributed by atoms with Gasteiger partial charge in [-0.15, -0.1) is 0 Å². The molecule has 2 unspecified atom stereocenters. The number of hydrogen-bond donors (Lipinski definition) is 0. The van der Waals surface area contributed by atoms with E-state index in [9.17, 15) is 4.79 Å². The highest BCUT2D eigenvalue weighted by Crippen LogP contribution is 2.40. The minimum absolute atomic E-state index is 0.0282. The Morgan fingerprint density at radius 3 is 2.37 bits per heavy atom. The molecule has 4 nitrogen and oxygen atoms in total. The van der Waals surface area contributed by atoms with Crippen molar-refractivity contribution in [2.24, 2.45) is 11.3 Å². The molecule has 5 rings (SSSR count). The lowest BCUT2D eigenvalue weighted by molar-refractivity contribution is -0.161. The monoisotopic (exact) mass is 407 g/mol. The van der Waals surface area contributed by atoms with Gasteiger partial charge in [0.25, 0.3) is 0 Å². The smallest absolute Gasteiger partial charge is 0.314 e. The van der Waals surface area contributed by atoms with E-state index in [0.29, 0.717) is 12.3 Å². The number of rotatable bonds is 6. The van der Waals surface area contributed by atoms with E-state index in [1.807, 2.05) is 54.6 Å². The van der Waals surface area contributed by atoms with Crippen LogP contribution in [0.1, 0.15) is 43.7 Å². The predicted octanol–water partition coefficient (Wildman–Crippen LogP) is 4.69. The summed E-state index contributed by atoms with van der Waals surface area (Å²) in [6, 6.07) is 18.0. The van der Waals surface area contributed by atoms with Gasteiger partial charge in [0.1, 0.15) is 11.9 Å². The van der Waals surface area contributed by atoms with Crippen molar-refractivity contribution >= 4 is 5.97 Å². The minimum atomic E-state index is -0.309. The third kappa shape index (κ3) is 4.54. The SMILES string of the molecule is COc1ccc(CC(C(=O)OC2C3CCN(CC3)CC2(C)C)c2ccccc2)cc1. The first-order chi connectivity index (χ1) is 14.5. The van der Waals surface area contributed by atoms with Crippen LogP contribution in [0.3, 0.4) is 0 Å². The summed E-state index contributed by atoms with van der Waals surface area (Å²) in [5, 5.41) is 0. The highest BCUT2D eigenvalue weighted by atomic mass is 16.5. The number of carbonyl (C=O) groups is 1. The largest absolute Gasteiger partial charge is 0.497 e. The molecule has 0 radical (unpaired) electrons. The first kappa shape index (κ1) is 20.9. The van der Waals surface area contributed by atoms with Gasteiger partial charge in [-0.1, -0.05) is 56.3 Å². The quantitative estimate of drug-likeness (QED) is 0.652. The molecular weight excluding hydrogens is 374 g/mol. The second-order valence-electron chi connectivity index (χ2n) is 9.48. The third-order valence-electron chi connectivity index (χ3n) is 6.79. The molecule has 0 aliphatic carbocycles. The van der Waals surface area contributed by atoms with Crippen LogP contribution in [-0.4, -0.2) is 43.7 Å². The van der Waals surface area contributed by atoms with E-state index in [1.165, 1.54) is 0 Å². The summed E-state index contributed by atoms with van der Waals surface area (Å²) in [6.45, 7) is 7.74. The molecule has 0 aromatic heterocycles. The van der Waals surface area contributed by atoms with Crippen molar-refractivity contribution in [1.82, 2.24) is 4.90 Å². The van der Waals surface area contributed by atoms with E-state index in [4.69, 9.17) is 9.47 Å². The van der Waals surface area contributed by atoms with E-state index in [1.54, 1.807) is 7.11 Å². The highest BCUT2D eigenvalue weighted by molar-refractivity contribution is 5.79. The molecule has 2 aromatic carbocycles. The van der Waals surface area contributed by atoms with Gasteiger partial charge in [-0.05, 0) is 61.5 Å². The van der Waals surface area contributed by atoms with E-state index in [2.05, 4.69) is 18.7 Å². The van der Waals surface area contributed by atoms with Gasteiger partial charge >= 0.3 is 5.97 Å². The summed E-state index contributed by atoms with van der Waals surface area (Å²) in [6.07, 6.45) is 2.84. The lowest BCUT2D eigenvalue weighted by atomic mass is 9.78. The minimum Gasteiger partial charge on any atom is -0.497 e. The van der Waals surface area contributed by atoms with Crippen LogP contribution in [0.4, 0.5) is 0 Å². The third-order valence-corrected chi connectivity index (χ3v) is 6.79. The fourth-order valence-electron chi connectivity index (χ4n) is 5.20. The van der Waals surface area contributed by atoms with Crippen LogP contribution in [0, 0.1) is 11.3 Å². The van der Waals surface area contributed by atoms with Crippen LogP contribution in [0.25, 0.3) is 0 Å². The van der Waals surface area contributed by atoms with Crippen LogP contribution in [0.2, 0.25) is 0 Å². The van der Waals surface area contributed by atoms with Crippen LogP contribution in [0.5, 0.6) is 5.75 Å². The molecule has 2 bridgehead atoms. The molecule has 30 heavy (non-hydrogen) atoms. The molecule has 0 amide bonds. The van der Waals surface area contributed by atoms with Crippen molar-refractivity contribution in [3.05, 3.63) is 65.7 Å². The van der Waals surface area contributed by atoms with Crippen molar-refractivity contribution in [3.63, 3.8) is 0 Å². The van der Waals surface area contributed by atoms with Crippen LogP contribution >= 0.6 is 0 Å². The molecule has 3 aliphatic rings. The molecule has 0 spiro atoms. The van der Waals surface area contributed by atoms with E-state index in [-0.39, 0.29) is 23.4 Å². The average molecular weight is 408 g/mol. The Labute approximate surface area is 180 Å². The Morgan fingerprint density at radius 1 is 1.07 bits per heavy atom. The van der Waals surface area contributed by atoms with Gasteiger partial charge in [-0.25, -0.2) is 0 Å². The van der Waals surface area contributed by atoms with Gasteiger partial charge in [0.2, 0.25) is 0 Å². The Bertz CT molecular complexity index is 838. The molecule has 4 heteroatoms. The first-order valence-corrected chi connectivity index (χ1v) is 11.1. The summed E-state index contributed by atoms with van der Waals surface area (Å²) < 4.78 is 11.6. The lowest BCUT2D eigenvalue weighted by Crippen LogP contribution is -2.41. The summed E-state index contributed by atoms with van der Waals surface area (Å²) >= 11 is 0. The molecule has 0 N–H and O–H groups in total. The number of nitrogens with zero attached hydrogens (tertiary/aromatic N) is 1. The second-order valence-corrected chi connectivity index (χ2v) is 9.48. The normalized spacial score (nSPS) is 25.9. The molecule has 3 fully saturated rings. The first-order valence-electron chi connectivity index (χ1n) is 11.1. The molecule has 3 saturated heterocycles. The number of esters is 1. The molecule has 2 aromatic rings. The van der Waals surface area contributed by atoms with Crippen LogP contribution < -0.4 is 4.74 Å². The van der Waals surface area contributed by atoms with E-state index in [0.717, 1.165) is 49.4 Å². The van der Waals surface area contributed by atoms with Crippen molar-refractivity contribution in [3.8, 4) is 5.75 Å². The fourth-order valence-corrected chi connectivity index (χ4v) is 5.20. The molecule has 3 heterocycles. The summed E-state index contributed by atoms with van der Waals surface area (Å²) in [5.74, 6) is 0.871. The Morgan fingerprint density at radius 2 is 1.73 bits per heavy atom. The lowest BCUT2D eigenvalue weighted by Gasteiger charge is -2.36. The Kier molecular flexibility index (Phi) is 6.14. The number of ether oxygens (including phenoxy) is 2.